The number of nitrogens with zero attached hydrogens (tertiary/aromatic N) is 1. The summed E-state index contributed by atoms with van der Waals surface area (Å²) in [6, 6.07) is 6.58. The molecule has 2 rings (SSSR count). The van der Waals surface area contributed by atoms with Gasteiger partial charge in [0.25, 0.3) is 0 Å². The van der Waals surface area contributed by atoms with Crippen LogP contribution in [0.25, 0.3) is 0 Å². The molecular weight excluding hydrogens is 222 g/mol. The van der Waals surface area contributed by atoms with Crippen LogP contribution in [0.3, 0.4) is 0 Å². The molecule has 0 atom stereocenters. The maximum Gasteiger partial charge on any atom is 0.237 e. The first-order valence-corrected chi connectivity index (χ1v) is 6.22. The van der Waals surface area contributed by atoms with Gasteiger partial charge in [-0.3, -0.25) is 4.79 Å². The lowest BCUT2D eigenvalue weighted by molar-refractivity contribution is -0.129. The Morgan fingerprint density at radius 3 is 2.94 bits per heavy atom. The van der Waals surface area contributed by atoms with Gasteiger partial charge in [-0.1, -0.05) is 25.1 Å². The molecule has 0 bridgehead atoms. The van der Waals surface area contributed by atoms with Gasteiger partial charge in [0.05, 0.1) is 0 Å². The van der Waals surface area contributed by atoms with Crippen molar-refractivity contribution in [3.05, 3.63) is 34.9 Å². The van der Waals surface area contributed by atoms with Crippen LogP contribution in [0.5, 0.6) is 0 Å². The Hall–Kier alpha value is -1.02. The van der Waals surface area contributed by atoms with E-state index in [2.05, 4.69) is 25.1 Å². The first-order valence-electron chi connectivity index (χ1n) is 5.69. The summed E-state index contributed by atoms with van der Waals surface area (Å²) in [7, 11) is 0. The van der Waals surface area contributed by atoms with Crippen molar-refractivity contribution in [2.24, 2.45) is 0 Å². The van der Waals surface area contributed by atoms with Gasteiger partial charge in [-0.05, 0) is 29.5 Å². The Balaban J connectivity index is 2.21. The molecule has 1 aromatic carbocycles. The molecule has 3 heteroatoms. The van der Waals surface area contributed by atoms with Crippen LogP contribution in [0, 0.1) is 0 Å². The molecule has 0 radical (unpaired) electrons. The Labute approximate surface area is 101 Å². The van der Waals surface area contributed by atoms with Crippen molar-refractivity contribution in [1.82, 2.24) is 4.90 Å². The number of aryl methyl sites for hydroxylation is 1. The quantitative estimate of drug-likeness (QED) is 0.724. The van der Waals surface area contributed by atoms with Crippen LogP contribution in [-0.4, -0.2) is 23.2 Å². The van der Waals surface area contributed by atoms with E-state index in [1.54, 1.807) is 0 Å². The molecule has 0 spiro atoms. The van der Waals surface area contributed by atoms with Crippen molar-refractivity contribution in [3.63, 3.8) is 0 Å². The average Bonchev–Trinajstić information content (AvgIpc) is 2.36. The Bertz CT molecular complexity index is 403. The van der Waals surface area contributed by atoms with Crippen LogP contribution in [0.15, 0.2) is 18.2 Å². The molecule has 0 aliphatic carbocycles. The normalized spacial score (nSPS) is 14.8. The average molecular weight is 238 g/mol. The summed E-state index contributed by atoms with van der Waals surface area (Å²) < 4.78 is 0. The molecule has 1 aliphatic rings. The van der Waals surface area contributed by atoms with Crippen LogP contribution in [-0.2, 0) is 24.2 Å². The highest BCUT2D eigenvalue weighted by atomic mass is 35.5. The zero-order chi connectivity index (χ0) is 11.5. The first kappa shape index (κ1) is 11.5. The maximum atomic E-state index is 11.5. The van der Waals surface area contributed by atoms with E-state index < -0.39 is 0 Å². The number of amides is 1. The topological polar surface area (TPSA) is 20.3 Å². The summed E-state index contributed by atoms with van der Waals surface area (Å²) >= 11 is 5.58. The zero-order valence-electron chi connectivity index (χ0n) is 9.50. The lowest BCUT2D eigenvalue weighted by atomic mass is 9.96. The number of carbonyl (C=O) groups excluding carboxylic acids is 1. The Morgan fingerprint density at radius 1 is 1.44 bits per heavy atom. The molecule has 1 aliphatic heterocycles. The van der Waals surface area contributed by atoms with Crippen molar-refractivity contribution in [2.45, 2.75) is 26.3 Å². The highest BCUT2D eigenvalue weighted by Crippen LogP contribution is 2.20. The van der Waals surface area contributed by atoms with Gasteiger partial charge < -0.3 is 4.90 Å². The number of hydrogen-bond donors (Lipinski definition) is 0. The van der Waals surface area contributed by atoms with Gasteiger partial charge in [0.15, 0.2) is 0 Å². The lowest BCUT2D eigenvalue weighted by Crippen LogP contribution is -2.36. The fourth-order valence-corrected chi connectivity index (χ4v) is 2.30. The molecule has 1 heterocycles. The standard InChI is InChI=1S/C13H16ClNO/c1-2-10-3-4-11-5-6-15(13(16)8-14)9-12(11)7-10/h3-4,7H,2,5-6,8-9H2,1H3. The third-order valence-electron chi connectivity index (χ3n) is 3.16. The first-order chi connectivity index (χ1) is 7.74. The van der Waals surface area contributed by atoms with E-state index >= 15 is 0 Å². The zero-order valence-corrected chi connectivity index (χ0v) is 10.3. The second kappa shape index (κ2) is 4.88. The van der Waals surface area contributed by atoms with Crippen LogP contribution in [0.2, 0.25) is 0 Å². The summed E-state index contributed by atoms with van der Waals surface area (Å²) in [6.45, 7) is 3.66. The highest BCUT2D eigenvalue weighted by molar-refractivity contribution is 6.27. The van der Waals surface area contributed by atoms with Gasteiger partial charge >= 0.3 is 0 Å². The molecule has 86 valence electrons. The number of rotatable bonds is 2. The van der Waals surface area contributed by atoms with Crippen molar-refractivity contribution in [2.75, 3.05) is 12.4 Å². The molecule has 1 aromatic rings. The predicted molar refractivity (Wildman–Crippen MR) is 65.7 cm³/mol. The summed E-state index contributed by atoms with van der Waals surface area (Å²) in [6.07, 6.45) is 1.98. The SMILES string of the molecule is CCc1ccc2c(c1)CN(C(=O)CCl)CC2. The van der Waals surface area contributed by atoms with E-state index in [-0.39, 0.29) is 11.8 Å². The molecular formula is C13H16ClNO. The van der Waals surface area contributed by atoms with E-state index in [9.17, 15) is 4.79 Å². The Morgan fingerprint density at radius 2 is 2.25 bits per heavy atom. The fourth-order valence-electron chi connectivity index (χ4n) is 2.13. The van der Waals surface area contributed by atoms with Gasteiger partial charge in [0, 0.05) is 13.1 Å². The number of benzene rings is 1. The van der Waals surface area contributed by atoms with Crippen LogP contribution >= 0.6 is 11.6 Å². The molecule has 0 fully saturated rings. The highest BCUT2D eigenvalue weighted by Gasteiger charge is 2.19. The third kappa shape index (κ3) is 2.22. The summed E-state index contributed by atoms with van der Waals surface area (Å²) in [5.41, 5.74) is 3.99. The summed E-state index contributed by atoms with van der Waals surface area (Å²) in [4.78, 5) is 13.4. The molecule has 0 aromatic heterocycles. The van der Waals surface area contributed by atoms with Gasteiger partial charge in [0.2, 0.25) is 5.91 Å². The van der Waals surface area contributed by atoms with Crippen molar-refractivity contribution >= 4 is 17.5 Å². The van der Waals surface area contributed by atoms with E-state index in [4.69, 9.17) is 11.6 Å². The smallest absolute Gasteiger partial charge is 0.237 e. The minimum atomic E-state index is 0.0363. The van der Waals surface area contributed by atoms with Gasteiger partial charge in [-0.2, -0.15) is 0 Å². The van der Waals surface area contributed by atoms with Crippen molar-refractivity contribution in [3.8, 4) is 0 Å². The molecule has 2 nitrogen and oxygen atoms in total. The molecule has 16 heavy (non-hydrogen) atoms. The summed E-state index contributed by atoms with van der Waals surface area (Å²) in [5.74, 6) is 0.122. The van der Waals surface area contributed by atoms with E-state index in [1.807, 2.05) is 4.90 Å². The fraction of sp³-hybridized carbons (Fsp3) is 0.462. The van der Waals surface area contributed by atoms with E-state index in [0.717, 1.165) is 19.4 Å². The summed E-state index contributed by atoms with van der Waals surface area (Å²) in [5, 5.41) is 0. The predicted octanol–water partition coefficient (Wildman–Crippen LogP) is 2.37. The minimum Gasteiger partial charge on any atom is -0.337 e. The molecule has 1 amide bonds. The number of halogens is 1. The van der Waals surface area contributed by atoms with E-state index in [0.29, 0.717) is 6.54 Å². The molecule has 0 N–H and O–H groups in total. The van der Waals surface area contributed by atoms with Gasteiger partial charge in [-0.15, -0.1) is 11.6 Å². The number of alkyl halides is 1. The minimum absolute atomic E-state index is 0.0363. The van der Waals surface area contributed by atoms with E-state index in [1.165, 1.54) is 16.7 Å². The van der Waals surface area contributed by atoms with Crippen LogP contribution in [0.1, 0.15) is 23.6 Å². The molecule has 0 unspecified atom stereocenters. The number of carbonyl (C=O) groups is 1. The number of hydrogen-bond acceptors (Lipinski definition) is 1. The number of fused-ring (bicyclic) bond motifs is 1. The second-order valence-electron chi connectivity index (χ2n) is 4.16. The lowest BCUT2D eigenvalue weighted by Gasteiger charge is -2.28. The van der Waals surface area contributed by atoms with Crippen molar-refractivity contribution in [1.29, 1.82) is 0 Å². The third-order valence-corrected chi connectivity index (χ3v) is 3.39. The van der Waals surface area contributed by atoms with Crippen LogP contribution in [0.4, 0.5) is 0 Å². The molecule has 0 saturated heterocycles. The maximum absolute atomic E-state index is 11.5. The van der Waals surface area contributed by atoms with Gasteiger partial charge in [0.1, 0.15) is 5.88 Å². The largest absolute Gasteiger partial charge is 0.337 e. The van der Waals surface area contributed by atoms with Crippen LogP contribution < -0.4 is 0 Å². The second-order valence-corrected chi connectivity index (χ2v) is 4.42. The Kier molecular flexibility index (Phi) is 3.49. The monoisotopic (exact) mass is 237 g/mol. The van der Waals surface area contributed by atoms with Crippen molar-refractivity contribution < 1.29 is 4.79 Å². The molecule has 0 saturated carbocycles. The van der Waals surface area contributed by atoms with Gasteiger partial charge in [-0.25, -0.2) is 0 Å².